The van der Waals surface area contributed by atoms with Gasteiger partial charge in [0.05, 0.1) is 5.56 Å². The van der Waals surface area contributed by atoms with Crippen LogP contribution in [0.1, 0.15) is 22.0 Å². The van der Waals surface area contributed by atoms with Gasteiger partial charge in [-0.1, -0.05) is 30.3 Å². The minimum Gasteiger partial charge on any atom is -0.478 e. The van der Waals surface area contributed by atoms with Crippen molar-refractivity contribution in [2.45, 2.75) is 6.04 Å². The summed E-state index contributed by atoms with van der Waals surface area (Å²) in [5, 5.41) is 11.7. The molecule has 2 aromatic carbocycles. The standard InChI is InChI=1S/C15H13BrN2O3/c16-12-7-6-10(8-11(12)15(20)21)18-14(19)13(17)9-4-2-1-3-5-9/h1-8,13H,17H2,(H,18,19)(H,20,21)/t13-/m1/s1. The topological polar surface area (TPSA) is 92.4 Å². The summed E-state index contributed by atoms with van der Waals surface area (Å²) in [5.41, 5.74) is 7.01. The van der Waals surface area contributed by atoms with Gasteiger partial charge in [-0.15, -0.1) is 0 Å². The van der Waals surface area contributed by atoms with E-state index >= 15 is 0 Å². The van der Waals surface area contributed by atoms with Crippen molar-refractivity contribution in [3.63, 3.8) is 0 Å². The summed E-state index contributed by atoms with van der Waals surface area (Å²) in [6, 6.07) is 12.7. The number of carbonyl (C=O) groups excluding carboxylic acids is 1. The smallest absolute Gasteiger partial charge is 0.336 e. The Hall–Kier alpha value is -2.18. The third-order valence-electron chi connectivity index (χ3n) is 2.91. The molecule has 0 heterocycles. The highest BCUT2D eigenvalue weighted by atomic mass is 79.9. The van der Waals surface area contributed by atoms with Crippen LogP contribution < -0.4 is 11.1 Å². The van der Waals surface area contributed by atoms with Crippen molar-refractivity contribution in [3.05, 3.63) is 64.1 Å². The number of hydrogen-bond acceptors (Lipinski definition) is 3. The van der Waals surface area contributed by atoms with E-state index in [1.807, 2.05) is 6.07 Å². The summed E-state index contributed by atoms with van der Waals surface area (Å²) in [6.45, 7) is 0. The molecule has 0 aromatic heterocycles. The number of carboxylic acid groups (broad SMARTS) is 1. The van der Waals surface area contributed by atoms with Gasteiger partial charge in [0.25, 0.3) is 0 Å². The summed E-state index contributed by atoms with van der Waals surface area (Å²) in [6.07, 6.45) is 0. The molecule has 4 N–H and O–H groups in total. The van der Waals surface area contributed by atoms with E-state index in [-0.39, 0.29) is 5.56 Å². The first kappa shape index (κ1) is 15.2. The molecule has 0 saturated carbocycles. The third-order valence-corrected chi connectivity index (χ3v) is 3.60. The lowest BCUT2D eigenvalue weighted by molar-refractivity contribution is -0.117. The molecular weight excluding hydrogens is 336 g/mol. The van der Waals surface area contributed by atoms with Crippen LogP contribution in [0, 0.1) is 0 Å². The molecule has 0 aliphatic heterocycles. The Labute approximate surface area is 129 Å². The maximum Gasteiger partial charge on any atom is 0.336 e. The minimum atomic E-state index is -1.08. The Bertz CT molecular complexity index is 674. The predicted molar refractivity (Wildman–Crippen MR) is 83.1 cm³/mol. The molecule has 0 saturated heterocycles. The zero-order chi connectivity index (χ0) is 15.4. The van der Waals surface area contributed by atoms with Gasteiger partial charge in [0, 0.05) is 10.2 Å². The normalized spacial score (nSPS) is 11.7. The van der Waals surface area contributed by atoms with Crippen LogP contribution >= 0.6 is 15.9 Å². The largest absolute Gasteiger partial charge is 0.478 e. The summed E-state index contributed by atoms with van der Waals surface area (Å²) in [5.74, 6) is -1.48. The van der Waals surface area contributed by atoms with Crippen molar-refractivity contribution < 1.29 is 14.7 Å². The molecule has 6 heteroatoms. The van der Waals surface area contributed by atoms with Crippen molar-refractivity contribution in [2.24, 2.45) is 5.73 Å². The van der Waals surface area contributed by atoms with Gasteiger partial charge in [-0.25, -0.2) is 4.79 Å². The van der Waals surface area contributed by atoms with Crippen molar-refractivity contribution in [1.82, 2.24) is 0 Å². The summed E-state index contributed by atoms with van der Waals surface area (Å²) in [4.78, 5) is 23.1. The zero-order valence-electron chi connectivity index (χ0n) is 10.9. The fraction of sp³-hybridized carbons (Fsp3) is 0.0667. The number of hydrogen-bond donors (Lipinski definition) is 3. The van der Waals surface area contributed by atoms with Crippen molar-refractivity contribution in [1.29, 1.82) is 0 Å². The first-order valence-electron chi connectivity index (χ1n) is 6.13. The number of anilines is 1. The highest BCUT2D eigenvalue weighted by Gasteiger charge is 2.16. The number of rotatable bonds is 4. The van der Waals surface area contributed by atoms with Crippen molar-refractivity contribution >= 4 is 33.5 Å². The molecule has 0 radical (unpaired) electrons. The maximum atomic E-state index is 12.1. The van der Waals surface area contributed by atoms with Crippen LogP contribution in [0.25, 0.3) is 0 Å². The quantitative estimate of drug-likeness (QED) is 0.791. The Morgan fingerprint density at radius 2 is 1.81 bits per heavy atom. The average molecular weight is 349 g/mol. The molecule has 1 amide bonds. The predicted octanol–water partition coefficient (Wildman–Crippen LogP) is 2.79. The Morgan fingerprint density at radius 3 is 2.43 bits per heavy atom. The number of benzene rings is 2. The van der Waals surface area contributed by atoms with Gasteiger partial charge in [-0.2, -0.15) is 0 Å². The molecular formula is C15H13BrN2O3. The number of nitrogens with one attached hydrogen (secondary N) is 1. The number of halogens is 1. The van der Waals surface area contributed by atoms with E-state index in [4.69, 9.17) is 10.8 Å². The van der Waals surface area contributed by atoms with Crippen LogP contribution in [0.3, 0.4) is 0 Å². The van der Waals surface area contributed by atoms with E-state index in [0.29, 0.717) is 15.7 Å². The van der Waals surface area contributed by atoms with Gasteiger partial charge in [0.1, 0.15) is 6.04 Å². The Morgan fingerprint density at radius 1 is 1.14 bits per heavy atom. The Balaban J connectivity index is 2.16. The molecule has 5 nitrogen and oxygen atoms in total. The molecule has 0 fully saturated rings. The molecule has 0 spiro atoms. The lowest BCUT2D eigenvalue weighted by Crippen LogP contribution is -2.27. The highest BCUT2D eigenvalue weighted by Crippen LogP contribution is 2.22. The molecule has 108 valence electrons. The SMILES string of the molecule is N[C@@H](C(=O)Nc1ccc(Br)c(C(=O)O)c1)c1ccccc1. The van der Waals surface area contributed by atoms with E-state index in [1.54, 1.807) is 36.4 Å². The van der Waals surface area contributed by atoms with Crippen LogP contribution in [0.5, 0.6) is 0 Å². The first-order valence-corrected chi connectivity index (χ1v) is 6.92. The van der Waals surface area contributed by atoms with Crippen LogP contribution in [-0.2, 0) is 4.79 Å². The summed E-state index contributed by atoms with van der Waals surface area (Å²) >= 11 is 3.14. The second kappa shape index (κ2) is 6.51. The first-order chi connectivity index (χ1) is 9.99. The Kier molecular flexibility index (Phi) is 4.72. The molecule has 2 rings (SSSR count). The van der Waals surface area contributed by atoms with Gasteiger partial charge in [-0.3, -0.25) is 4.79 Å². The number of carbonyl (C=O) groups is 2. The molecule has 0 aliphatic rings. The fourth-order valence-electron chi connectivity index (χ4n) is 1.80. The van der Waals surface area contributed by atoms with E-state index < -0.39 is 17.9 Å². The van der Waals surface area contributed by atoms with Gasteiger partial charge in [-0.05, 0) is 39.7 Å². The van der Waals surface area contributed by atoms with Gasteiger partial charge in [0.15, 0.2) is 0 Å². The van der Waals surface area contributed by atoms with Crippen LogP contribution in [0.2, 0.25) is 0 Å². The second-order valence-electron chi connectivity index (χ2n) is 4.38. The van der Waals surface area contributed by atoms with E-state index in [9.17, 15) is 9.59 Å². The average Bonchev–Trinajstić information content (AvgIpc) is 2.49. The molecule has 0 bridgehead atoms. The van der Waals surface area contributed by atoms with Crippen molar-refractivity contribution in [3.8, 4) is 0 Å². The van der Waals surface area contributed by atoms with Crippen LogP contribution in [0.15, 0.2) is 53.0 Å². The van der Waals surface area contributed by atoms with Gasteiger partial charge < -0.3 is 16.2 Å². The monoisotopic (exact) mass is 348 g/mol. The molecule has 2 aromatic rings. The number of aromatic carboxylic acids is 1. The zero-order valence-corrected chi connectivity index (χ0v) is 12.5. The highest BCUT2D eigenvalue weighted by molar-refractivity contribution is 9.10. The summed E-state index contributed by atoms with van der Waals surface area (Å²) < 4.78 is 0.445. The van der Waals surface area contributed by atoms with Crippen molar-refractivity contribution in [2.75, 3.05) is 5.32 Å². The summed E-state index contributed by atoms with van der Waals surface area (Å²) in [7, 11) is 0. The molecule has 21 heavy (non-hydrogen) atoms. The van der Waals surface area contributed by atoms with E-state index in [1.165, 1.54) is 6.07 Å². The number of nitrogens with two attached hydrogens (primary N) is 1. The van der Waals surface area contributed by atoms with Crippen LogP contribution in [0.4, 0.5) is 5.69 Å². The molecule has 0 unspecified atom stereocenters. The number of amides is 1. The molecule has 0 aliphatic carbocycles. The minimum absolute atomic E-state index is 0.0704. The van der Waals surface area contributed by atoms with E-state index in [2.05, 4.69) is 21.2 Å². The van der Waals surface area contributed by atoms with E-state index in [0.717, 1.165) is 0 Å². The second-order valence-corrected chi connectivity index (χ2v) is 5.23. The third kappa shape index (κ3) is 3.68. The molecule has 1 atom stereocenters. The number of carboxylic acids is 1. The van der Waals surface area contributed by atoms with Gasteiger partial charge >= 0.3 is 5.97 Å². The van der Waals surface area contributed by atoms with Gasteiger partial charge in [0.2, 0.25) is 5.91 Å². The lowest BCUT2D eigenvalue weighted by atomic mass is 10.1. The van der Waals surface area contributed by atoms with Crippen LogP contribution in [-0.4, -0.2) is 17.0 Å². The lowest BCUT2D eigenvalue weighted by Gasteiger charge is -2.13. The maximum absolute atomic E-state index is 12.1. The fourth-order valence-corrected chi connectivity index (χ4v) is 2.21.